The molecular weight excluding hydrogens is 268 g/mol. The van der Waals surface area contributed by atoms with Crippen LogP contribution in [0, 0.1) is 0 Å². The third-order valence-corrected chi connectivity index (χ3v) is 4.64. The van der Waals surface area contributed by atoms with Crippen LogP contribution >= 0.6 is 0 Å². The van der Waals surface area contributed by atoms with Crippen LogP contribution in [0.25, 0.3) is 0 Å². The molecule has 0 radical (unpaired) electrons. The summed E-state index contributed by atoms with van der Waals surface area (Å²) in [4.78, 5) is 16.4. The second kappa shape index (κ2) is 6.62. The number of hydrogen-bond acceptors (Lipinski definition) is 5. The summed E-state index contributed by atoms with van der Waals surface area (Å²) in [6.07, 6.45) is 5.21. The molecule has 0 bridgehead atoms. The molecule has 2 fully saturated rings. The number of hydrogen-bond donors (Lipinski definition) is 0. The third-order valence-electron chi connectivity index (χ3n) is 4.64. The lowest BCUT2D eigenvalue weighted by Gasteiger charge is -2.36. The first kappa shape index (κ1) is 14.6. The molecule has 0 aromatic carbocycles. The molecule has 0 saturated carbocycles. The topological polar surface area (TPSA) is 45.9 Å². The monoisotopic (exact) mass is 292 g/mol. The van der Waals surface area contributed by atoms with E-state index in [4.69, 9.17) is 4.42 Å². The molecule has 2 aliphatic heterocycles. The van der Waals surface area contributed by atoms with Crippen LogP contribution in [-0.2, 0) is 11.3 Å². The first-order valence-corrected chi connectivity index (χ1v) is 7.89. The van der Waals surface area contributed by atoms with E-state index in [1.54, 1.807) is 6.07 Å². The van der Waals surface area contributed by atoms with Crippen molar-refractivity contribution >= 4 is 5.97 Å². The van der Waals surface area contributed by atoms with Crippen LogP contribution < -0.4 is 0 Å². The lowest BCUT2D eigenvalue weighted by molar-refractivity contribution is 0.0559. The van der Waals surface area contributed by atoms with Gasteiger partial charge >= 0.3 is 5.97 Å². The van der Waals surface area contributed by atoms with Gasteiger partial charge in [0, 0.05) is 19.1 Å². The average molecular weight is 292 g/mol. The summed E-state index contributed by atoms with van der Waals surface area (Å²) in [5.74, 6) is 0.725. The van der Waals surface area contributed by atoms with Gasteiger partial charge in [-0.05, 0) is 50.9 Å². The van der Waals surface area contributed by atoms with E-state index in [0.29, 0.717) is 5.76 Å². The van der Waals surface area contributed by atoms with Gasteiger partial charge in [-0.3, -0.25) is 4.90 Å². The van der Waals surface area contributed by atoms with E-state index in [9.17, 15) is 4.79 Å². The van der Waals surface area contributed by atoms with E-state index in [1.807, 2.05) is 6.07 Å². The molecule has 0 spiro atoms. The molecule has 0 aliphatic carbocycles. The smallest absolute Gasteiger partial charge is 0.373 e. The second-order valence-electron chi connectivity index (χ2n) is 6.01. The predicted octanol–water partition coefficient (Wildman–Crippen LogP) is 2.13. The molecule has 0 atom stereocenters. The molecule has 3 heterocycles. The average Bonchev–Trinajstić information content (AvgIpc) is 3.18. The zero-order valence-corrected chi connectivity index (χ0v) is 12.7. The van der Waals surface area contributed by atoms with E-state index in [2.05, 4.69) is 14.5 Å². The minimum absolute atomic E-state index is 0.291. The lowest BCUT2D eigenvalue weighted by atomic mass is 10.0. The maximum absolute atomic E-state index is 11.4. The van der Waals surface area contributed by atoms with Crippen molar-refractivity contribution in [3.8, 4) is 0 Å². The van der Waals surface area contributed by atoms with Crippen molar-refractivity contribution in [3.05, 3.63) is 23.7 Å². The van der Waals surface area contributed by atoms with E-state index < -0.39 is 5.97 Å². The Bertz CT molecular complexity index is 472. The van der Waals surface area contributed by atoms with Crippen LogP contribution in [0.15, 0.2) is 16.5 Å². The summed E-state index contributed by atoms with van der Waals surface area (Å²) >= 11 is 0. The van der Waals surface area contributed by atoms with Crippen molar-refractivity contribution < 1.29 is 13.9 Å². The van der Waals surface area contributed by atoms with Crippen molar-refractivity contribution in [3.63, 3.8) is 0 Å². The SMILES string of the molecule is COC(=O)c1ccc(CN2CCC(N3CCCC3)CC2)o1. The molecule has 0 amide bonds. The highest BCUT2D eigenvalue weighted by Gasteiger charge is 2.26. The molecule has 1 aromatic heterocycles. The van der Waals surface area contributed by atoms with E-state index in [0.717, 1.165) is 31.4 Å². The number of furan rings is 1. The van der Waals surface area contributed by atoms with Gasteiger partial charge in [-0.2, -0.15) is 0 Å². The maximum atomic E-state index is 11.4. The third kappa shape index (κ3) is 3.47. The Kier molecular flexibility index (Phi) is 4.60. The Morgan fingerprint density at radius 1 is 1.24 bits per heavy atom. The van der Waals surface area contributed by atoms with Crippen molar-refractivity contribution in [2.75, 3.05) is 33.3 Å². The minimum atomic E-state index is -0.408. The number of carbonyl (C=O) groups excluding carboxylic acids is 1. The van der Waals surface area contributed by atoms with Crippen LogP contribution in [0.1, 0.15) is 42.0 Å². The Morgan fingerprint density at radius 3 is 2.62 bits per heavy atom. The van der Waals surface area contributed by atoms with E-state index in [1.165, 1.54) is 45.9 Å². The highest BCUT2D eigenvalue weighted by Crippen LogP contribution is 2.22. The first-order chi connectivity index (χ1) is 10.3. The molecule has 2 aliphatic rings. The lowest BCUT2D eigenvalue weighted by Crippen LogP contribution is -2.43. The van der Waals surface area contributed by atoms with Gasteiger partial charge in [0.15, 0.2) is 0 Å². The van der Waals surface area contributed by atoms with Crippen molar-refractivity contribution in [1.29, 1.82) is 0 Å². The molecule has 1 aromatic rings. The fraction of sp³-hybridized carbons (Fsp3) is 0.688. The van der Waals surface area contributed by atoms with Crippen LogP contribution in [0.5, 0.6) is 0 Å². The number of piperidine rings is 1. The first-order valence-electron chi connectivity index (χ1n) is 7.89. The van der Waals surface area contributed by atoms with Crippen molar-refractivity contribution in [2.24, 2.45) is 0 Å². The van der Waals surface area contributed by atoms with Gasteiger partial charge in [-0.15, -0.1) is 0 Å². The molecule has 21 heavy (non-hydrogen) atoms. The number of nitrogens with zero attached hydrogens (tertiary/aromatic N) is 2. The van der Waals surface area contributed by atoms with Crippen LogP contribution in [0.2, 0.25) is 0 Å². The predicted molar refractivity (Wildman–Crippen MR) is 79.2 cm³/mol. The Hall–Kier alpha value is -1.33. The van der Waals surface area contributed by atoms with Gasteiger partial charge in [0.1, 0.15) is 5.76 Å². The zero-order chi connectivity index (χ0) is 14.7. The summed E-state index contributed by atoms with van der Waals surface area (Å²) in [7, 11) is 1.37. The maximum Gasteiger partial charge on any atom is 0.373 e. The fourth-order valence-corrected chi connectivity index (χ4v) is 3.44. The van der Waals surface area contributed by atoms with Crippen molar-refractivity contribution in [1.82, 2.24) is 9.80 Å². The zero-order valence-electron chi connectivity index (χ0n) is 12.7. The normalized spacial score (nSPS) is 21.8. The van der Waals surface area contributed by atoms with Gasteiger partial charge in [0.05, 0.1) is 13.7 Å². The molecule has 3 rings (SSSR count). The molecule has 5 nitrogen and oxygen atoms in total. The Labute approximate surface area is 125 Å². The number of rotatable bonds is 4. The second-order valence-corrected chi connectivity index (χ2v) is 6.01. The summed E-state index contributed by atoms with van der Waals surface area (Å²) in [6.45, 7) is 5.56. The van der Waals surface area contributed by atoms with E-state index >= 15 is 0 Å². The number of carbonyl (C=O) groups is 1. The number of methoxy groups -OCH3 is 1. The number of ether oxygens (including phenoxy) is 1. The van der Waals surface area contributed by atoms with Gasteiger partial charge in [0.25, 0.3) is 0 Å². The highest BCUT2D eigenvalue weighted by molar-refractivity contribution is 5.86. The quantitative estimate of drug-likeness (QED) is 0.796. The fourth-order valence-electron chi connectivity index (χ4n) is 3.44. The number of likely N-dealkylation sites (tertiary alicyclic amines) is 2. The summed E-state index contributed by atoms with van der Waals surface area (Å²) < 4.78 is 10.2. The molecule has 2 saturated heterocycles. The van der Waals surface area contributed by atoms with Gasteiger partial charge in [-0.1, -0.05) is 0 Å². The van der Waals surface area contributed by atoms with Gasteiger partial charge < -0.3 is 14.1 Å². The van der Waals surface area contributed by atoms with Crippen LogP contribution in [0.4, 0.5) is 0 Å². The Balaban J connectivity index is 1.48. The summed E-state index contributed by atoms with van der Waals surface area (Å²) in [6, 6.07) is 4.34. The Morgan fingerprint density at radius 2 is 1.95 bits per heavy atom. The van der Waals surface area contributed by atoms with Crippen LogP contribution in [-0.4, -0.2) is 55.1 Å². The van der Waals surface area contributed by atoms with Crippen molar-refractivity contribution in [2.45, 2.75) is 38.3 Å². The molecule has 116 valence electrons. The summed E-state index contributed by atoms with van der Waals surface area (Å²) in [5, 5.41) is 0. The molecular formula is C16H24N2O3. The molecule has 5 heteroatoms. The van der Waals surface area contributed by atoms with Crippen LogP contribution in [0.3, 0.4) is 0 Å². The molecule has 0 unspecified atom stereocenters. The molecule has 0 N–H and O–H groups in total. The number of esters is 1. The largest absolute Gasteiger partial charge is 0.463 e. The van der Waals surface area contributed by atoms with Gasteiger partial charge in [-0.25, -0.2) is 4.79 Å². The standard InChI is InChI=1S/C16H24N2O3/c1-20-16(19)15-5-4-14(21-15)12-17-10-6-13(7-11-17)18-8-2-3-9-18/h4-5,13H,2-3,6-12H2,1H3. The minimum Gasteiger partial charge on any atom is -0.463 e. The summed E-state index contributed by atoms with van der Waals surface area (Å²) in [5.41, 5.74) is 0. The van der Waals surface area contributed by atoms with Gasteiger partial charge in [0.2, 0.25) is 5.76 Å². The highest BCUT2D eigenvalue weighted by atomic mass is 16.5. The van der Waals surface area contributed by atoms with E-state index in [-0.39, 0.29) is 0 Å².